The predicted octanol–water partition coefficient (Wildman–Crippen LogP) is 3.54. The fourth-order valence-corrected chi connectivity index (χ4v) is 4.24. The molecular weight excluding hydrogens is 398 g/mol. The van der Waals surface area contributed by atoms with Gasteiger partial charge in [0.15, 0.2) is 11.6 Å². The SMILES string of the molecule is CN1CCN(C2(CNC(=O)c3cc(F)c(F)cc3Cl)CCC(F)(F)CC2)CC1. The van der Waals surface area contributed by atoms with Gasteiger partial charge in [-0.15, -0.1) is 0 Å². The topological polar surface area (TPSA) is 35.6 Å². The Bertz CT molecular complexity index is 728. The number of benzene rings is 1. The van der Waals surface area contributed by atoms with Crippen molar-refractivity contribution in [3.8, 4) is 0 Å². The Morgan fingerprint density at radius 3 is 2.25 bits per heavy atom. The van der Waals surface area contributed by atoms with Crippen LogP contribution >= 0.6 is 11.6 Å². The van der Waals surface area contributed by atoms with Gasteiger partial charge in [-0.25, -0.2) is 17.6 Å². The molecular formula is C19H24ClF4N3O. The van der Waals surface area contributed by atoms with Crippen molar-refractivity contribution in [2.75, 3.05) is 39.8 Å². The van der Waals surface area contributed by atoms with Crippen LogP contribution in [0.15, 0.2) is 12.1 Å². The van der Waals surface area contributed by atoms with Crippen molar-refractivity contribution in [1.82, 2.24) is 15.1 Å². The third-order valence-electron chi connectivity index (χ3n) is 5.92. The molecule has 2 aliphatic rings. The van der Waals surface area contributed by atoms with E-state index in [9.17, 15) is 22.4 Å². The molecule has 9 heteroatoms. The summed E-state index contributed by atoms with van der Waals surface area (Å²) in [5.41, 5.74) is -0.751. The molecule has 0 radical (unpaired) electrons. The molecule has 4 nitrogen and oxygen atoms in total. The summed E-state index contributed by atoms with van der Waals surface area (Å²) in [6.07, 6.45) is 0.0489. The number of piperazine rings is 1. The molecule has 1 aliphatic carbocycles. The van der Waals surface area contributed by atoms with E-state index in [1.807, 2.05) is 7.05 Å². The first-order chi connectivity index (χ1) is 13.1. The molecule has 0 unspecified atom stereocenters. The maximum Gasteiger partial charge on any atom is 0.252 e. The minimum absolute atomic E-state index is 0.154. The number of nitrogens with zero attached hydrogens (tertiary/aromatic N) is 2. The maximum absolute atomic E-state index is 13.8. The zero-order chi connectivity index (χ0) is 20.5. The molecule has 0 atom stereocenters. The number of likely N-dealkylation sites (N-methyl/N-ethyl adjacent to an activating group) is 1. The number of amides is 1. The van der Waals surface area contributed by atoms with Crippen LogP contribution in [0.25, 0.3) is 0 Å². The summed E-state index contributed by atoms with van der Waals surface area (Å²) in [6.45, 7) is 3.25. The first kappa shape index (κ1) is 21.3. The summed E-state index contributed by atoms with van der Waals surface area (Å²) in [5, 5.41) is 2.53. The van der Waals surface area contributed by atoms with Gasteiger partial charge in [-0.1, -0.05) is 11.6 Å². The van der Waals surface area contributed by atoms with E-state index in [0.717, 1.165) is 38.3 Å². The molecule has 28 heavy (non-hydrogen) atoms. The van der Waals surface area contributed by atoms with E-state index in [0.29, 0.717) is 0 Å². The van der Waals surface area contributed by atoms with E-state index in [4.69, 9.17) is 11.6 Å². The Morgan fingerprint density at radius 2 is 1.64 bits per heavy atom. The van der Waals surface area contributed by atoms with Crippen molar-refractivity contribution < 1.29 is 22.4 Å². The van der Waals surface area contributed by atoms with Crippen LogP contribution in [-0.4, -0.2) is 66.9 Å². The Labute approximate surface area is 166 Å². The largest absolute Gasteiger partial charge is 0.350 e. The Morgan fingerprint density at radius 1 is 1.07 bits per heavy atom. The second-order valence-electron chi connectivity index (χ2n) is 7.80. The van der Waals surface area contributed by atoms with Crippen molar-refractivity contribution >= 4 is 17.5 Å². The fourth-order valence-electron chi connectivity index (χ4n) is 4.00. The number of halogens is 5. The lowest BCUT2D eigenvalue weighted by Crippen LogP contribution is -2.62. The van der Waals surface area contributed by atoms with Crippen LogP contribution in [0.2, 0.25) is 5.02 Å². The summed E-state index contributed by atoms with van der Waals surface area (Å²) >= 11 is 5.87. The number of carbonyl (C=O) groups excluding carboxylic acids is 1. The van der Waals surface area contributed by atoms with Gasteiger partial charge in [0.25, 0.3) is 5.91 Å². The highest BCUT2D eigenvalue weighted by Crippen LogP contribution is 2.41. The van der Waals surface area contributed by atoms with Crippen LogP contribution in [0.5, 0.6) is 0 Å². The molecule has 1 aromatic carbocycles. The fraction of sp³-hybridized carbons (Fsp3) is 0.632. The predicted molar refractivity (Wildman–Crippen MR) is 98.9 cm³/mol. The van der Waals surface area contributed by atoms with Crippen LogP contribution < -0.4 is 5.32 Å². The van der Waals surface area contributed by atoms with Crippen molar-refractivity contribution in [1.29, 1.82) is 0 Å². The van der Waals surface area contributed by atoms with Gasteiger partial charge < -0.3 is 10.2 Å². The van der Waals surface area contributed by atoms with Gasteiger partial charge in [0.05, 0.1) is 10.6 Å². The van der Waals surface area contributed by atoms with Gasteiger partial charge in [-0.05, 0) is 32.0 Å². The van der Waals surface area contributed by atoms with E-state index in [1.165, 1.54) is 0 Å². The highest BCUT2D eigenvalue weighted by Gasteiger charge is 2.47. The number of hydrogen-bond acceptors (Lipinski definition) is 3. The monoisotopic (exact) mass is 421 g/mol. The van der Waals surface area contributed by atoms with E-state index in [1.54, 1.807) is 0 Å². The van der Waals surface area contributed by atoms with Gasteiger partial charge in [0, 0.05) is 51.1 Å². The minimum atomic E-state index is -2.69. The smallest absolute Gasteiger partial charge is 0.252 e. The molecule has 2 fully saturated rings. The van der Waals surface area contributed by atoms with E-state index in [2.05, 4.69) is 15.1 Å². The van der Waals surface area contributed by atoms with Crippen molar-refractivity contribution in [2.45, 2.75) is 37.1 Å². The van der Waals surface area contributed by atoms with Gasteiger partial charge >= 0.3 is 0 Å². The molecule has 1 aromatic rings. The molecule has 1 N–H and O–H groups in total. The molecule has 1 heterocycles. The highest BCUT2D eigenvalue weighted by atomic mass is 35.5. The zero-order valence-corrected chi connectivity index (χ0v) is 16.5. The molecule has 0 aromatic heterocycles. The number of nitrogens with one attached hydrogen (secondary N) is 1. The molecule has 1 saturated carbocycles. The van der Waals surface area contributed by atoms with Crippen molar-refractivity contribution in [3.05, 3.63) is 34.4 Å². The number of carbonyl (C=O) groups is 1. The average molecular weight is 422 g/mol. The van der Waals surface area contributed by atoms with E-state index >= 15 is 0 Å². The quantitative estimate of drug-likeness (QED) is 0.596. The van der Waals surface area contributed by atoms with Crippen molar-refractivity contribution in [3.63, 3.8) is 0 Å². The van der Waals surface area contributed by atoms with Crippen LogP contribution in [0.3, 0.4) is 0 Å². The van der Waals surface area contributed by atoms with E-state index in [-0.39, 0.29) is 42.8 Å². The number of hydrogen-bond donors (Lipinski definition) is 1. The Kier molecular flexibility index (Phi) is 6.22. The van der Waals surface area contributed by atoms with Gasteiger partial charge in [-0.2, -0.15) is 0 Å². The van der Waals surface area contributed by atoms with Gasteiger partial charge in [-0.3, -0.25) is 9.69 Å². The van der Waals surface area contributed by atoms with Gasteiger partial charge in [0.2, 0.25) is 5.92 Å². The minimum Gasteiger partial charge on any atom is -0.350 e. The first-order valence-electron chi connectivity index (χ1n) is 9.36. The van der Waals surface area contributed by atoms with Crippen LogP contribution in [0.4, 0.5) is 17.6 Å². The molecule has 1 aliphatic heterocycles. The van der Waals surface area contributed by atoms with Crippen LogP contribution in [0, 0.1) is 11.6 Å². The zero-order valence-electron chi connectivity index (χ0n) is 15.7. The normalized spacial score (nSPS) is 22.8. The van der Waals surface area contributed by atoms with Crippen LogP contribution in [-0.2, 0) is 0 Å². The first-order valence-corrected chi connectivity index (χ1v) is 9.74. The molecule has 3 rings (SSSR count). The third kappa shape index (κ3) is 4.60. The molecule has 156 valence electrons. The number of alkyl halides is 2. The molecule has 0 bridgehead atoms. The molecule has 1 saturated heterocycles. The lowest BCUT2D eigenvalue weighted by molar-refractivity contribution is -0.0874. The van der Waals surface area contributed by atoms with E-state index < -0.39 is 29.0 Å². The average Bonchev–Trinajstić information content (AvgIpc) is 2.65. The molecule has 1 amide bonds. The van der Waals surface area contributed by atoms with Gasteiger partial charge in [0.1, 0.15) is 0 Å². The van der Waals surface area contributed by atoms with Crippen molar-refractivity contribution in [2.24, 2.45) is 0 Å². The second-order valence-corrected chi connectivity index (χ2v) is 8.21. The second kappa shape index (κ2) is 8.16. The summed E-state index contributed by atoms with van der Waals surface area (Å²) in [4.78, 5) is 16.9. The lowest BCUT2D eigenvalue weighted by atomic mass is 9.78. The summed E-state index contributed by atoms with van der Waals surface area (Å²) in [5.74, 6) is -5.64. The third-order valence-corrected chi connectivity index (χ3v) is 6.23. The summed E-state index contributed by atoms with van der Waals surface area (Å²) in [6, 6.07) is 1.51. The summed E-state index contributed by atoms with van der Waals surface area (Å²) in [7, 11) is 2.01. The summed E-state index contributed by atoms with van der Waals surface area (Å²) < 4.78 is 54.3. The lowest BCUT2D eigenvalue weighted by Gasteiger charge is -2.50. The molecule has 0 spiro atoms. The van der Waals surface area contributed by atoms with Crippen LogP contribution in [0.1, 0.15) is 36.0 Å². The Balaban J connectivity index is 1.75. The maximum atomic E-state index is 13.8. The standard InChI is InChI=1S/C19H24ClF4N3O/c1-26-6-8-27(9-7-26)18(2-4-19(23,24)5-3-18)12-25-17(28)13-10-15(21)16(22)11-14(13)20/h10-11H,2-9,12H2,1H3,(H,25,28). The highest BCUT2D eigenvalue weighted by molar-refractivity contribution is 6.33. The number of rotatable bonds is 4. The Hall–Kier alpha value is -1.38.